The molecule has 4 heteroatoms. The van der Waals surface area contributed by atoms with E-state index in [2.05, 4.69) is 33.0 Å². The fourth-order valence-corrected chi connectivity index (χ4v) is 2.10. The number of amides is 1. The molecule has 3 N–H and O–H groups in total. The Morgan fingerprint density at radius 3 is 2.32 bits per heavy atom. The van der Waals surface area contributed by atoms with Gasteiger partial charge in [-0.05, 0) is 37.6 Å². The van der Waals surface area contributed by atoms with E-state index in [9.17, 15) is 4.79 Å². The van der Waals surface area contributed by atoms with Gasteiger partial charge in [0, 0.05) is 13.0 Å². The lowest BCUT2D eigenvalue weighted by Crippen LogP contribution is -2.43. The van der Waals surface area contributed by atoms with Gasteiger partial charge >= 0.3 is 0 Å². The maximum atomic E-state index is 12.0. The van der Waals surface area contributed by atoms with Gasteiger partial charge in [-0.25, -0.2) is 0 Å². The Kier molecular flexibility index (Phi) is 9.88. The molecule has 19 heavy (non-hydrogen) atoms. The summed E-state index contributed by atoms with van der Waals surface area (Å²) in [7, 11) is 0. The summed E-state index contributed by atoms with van der Waals surface area (Å²) in [6, 6.07) is 0.0879. The van der Waals surface area contributed by atoms with Gasteiger partial charge in [0.15, 0.2) is 0 Å². The van der Waals surface area contributed by atoms with Crippen LogP contribution in [-0.4, -0.2) is 31.7 Å². The SMILES string of the molecule is CCOCC(NC(=O)CC(CN)CC(C)C)C(C)C. The van der Waals surface area contributed by atoms with Gasteiger partial charge in [0.2, 0.25) is 5.91 Å². The fourth-order valence-electron chi connectivity index (χ4n) is 2.10. The van der Waals surface area contributed by atoms with Crippen molar-refractivity contribution in [1.82, 2.24) is 5.32 Å². The van der Waals surface area contributed by atoms with E-state index in [0.29, 0.717) is 38.0 Å². The number of hydrogen-bond acceptors (Lipinski definition) is 3. The molecular formula is C15H32N2O2. The Bertz CT molecular complexity index is 242. The molecule has 0 rings (SSSR count). The lowest BCUT2D eigenvalue weighted by molar-refractivity contribution is -0.123. The van der Waals surface area contributed by atoms with Gasteiger partial charge in [-0.3, -0.25) is 4.79 Å². The predicted molar refractivity (Wildman–Crippen MR) is 79.9 cm³/mol. The van der Waals surface area contributed by atoms with Crippen LogP contribution in [0.15, 0.2) is 0 Å². The van der Waals surface area contributed by atoms with Crippen LogP contribution in [0.1, 0.15) is 47.5 Å². The maximum absolute atomic E-state index is 12.0. The first-order chi connectivity index (χ1) is 8.90. The zero-order valence-corrected chi connectivity index (χ0v) is 13.2. The van der Waals surface area contributed by atoms with Crippen molar-refractivity contribution in [2.45, 2.75) is 53.5 Å². The summed E-state index contributed by atoms with van der Waals surface area (Å²) in [5, 5.41) is 3.07. The minimum atomic E-state index is 0.0879. The van der Waals surface area contributed by atoms with Gasteiger partial charge in [-0.2, -0.15) is 0 Å². The molecule has 1 amide bonds. The third kappa shape index (κ3) is 9.00. The quantitative estimate of drug-likeness (QED) is 0.640. The second-order valence-electron chi connectivity index (χ2n) is 6.01. The number of nitrogens with two attached hydrogens (primary N) is 1. The molecule has 0 aromatic carbocycles. The summed E-state index contributed by atoms with van der Waals surface area (Å²) >= 11 is 0. The lowest BCUT2D eigenvalue weighted by Gasteiger charge is -2.24. The van der Waals surface area contributed by atoms with Crippen molar-refractivity contribution in [2.75, 3.05) is 19.8 Å². The molecule has 0 aliphatic heterocycles. The van der Waals surface area contributed by atoms with Crippen LogP contribution in [0.2, 0.25) is 0 Å². The summed E-state index contributed by atoms with van der Waals surface area (Å²) in [6.07, 6.45) is 1.52. The van der Waals surface area contributed by atoms with Crippen LogP contribution in [0.3, 0.4) is 0 Å². The normalized spacial score (nSPS) is 14.7. The van der Waals surface area contributed by atoms with Crippen LogP contribution in [0, 0.1) is 17.8 Å². The third-order valence-corrected chi connectivity index (χ3v) is 3.26. The highest BCUT2D eigenvalue weighted by molar-refractivity contribution is 5.76. The Balaban J connectivity index is 4.23. The molecule has 2 unspecified atom stereocenters. The highest BCUT2D eigenvalue weighted by Gasteiger charge is 2.19. The zero-order valence-electron chi connectivity index (χ0n) is 13.2. The second kappa shape index (κ2) is 10.2. The van der Waals surface area contributed by atoms with E-state index in [4.69, 9.17) is 10.5 Å². The number of hydrogen-bond donors (Lipinski definition) is 2. The average molecular weight is 272 g/mol. The van der Waals surface area contributed by atoms with Crippen molar-refractivity contribution in [3.8, 4) is 0 Å². The molecule has 0 aromatic heterocycles. The first-order valence-electron chi connectivity index (χ1n) is 7.47. The van der Waals surface area contributed by atoms with Crippen LogP contribution in [0.25, 0.3) is 0 Å². The molecule has 0 aromatic rings. The minimum Gasteiger partial charge on any atom is -0.380 e. The van der Waals surface area contributed by atoms with Crippen molar-refractivity contribution < 1.29 is 9.53 Å². The predicted octanol–water partition coefficient (Wildman–Crippen LogP) is 2.17. The first-order valence-corrected chi connectivity index (χ1v) is 7.47. The Labute approximate surface area is 118 Å². The highest BCUT2D eigenvalue weighted by Crippen LogP contribution is 2.14. The molecule has 0 fully saturated rings. The molecule has 0 radical (unpaired) electrons. The second-order valence-corrected chi connectivity index (χ2v) is 6.01. The van der Waals surface area contributed by atoms with Crippen LogP contribution < -0.4 is 11.1 Å². The van der Waals surface area contributed by atoms with Gasteiger partial charge in [0.1, 0.15) is 0 Å². The number of carbonyl (C=O) groups is 1. The van der Waals surface area contributed by atoms with Crippen molar-refractivity contribution >= 4 is 5.91 Å². The number of rotatable bonds is 10. The van der Waals surface area contributed by atoms with Gasteiger partial charge in [-0.15, -0.1) is 0 Å². The molecule has 0 aliphatic carbocycles. The standard InChI is InChI=1S/C15H32N2O2/c1-6-19-10-14(12(4)5)17-15(18)8-13(9-16)7-11(2)3/h11-14H,6-10,16H2,1-5H3,(H,17,18). The largest absolute Gasteiger partial charge is 0.380 e. The van der Waals surface area contributed by atoms with Gasteiger partial charge in [-0.1, -0.05) is 27.7 Å². The number of nitrogens with one attached hydrogen (secondary N) is 1. The van der Waals surface area contributed by atoms with Crippen molar-refractivity contribution in [1.29, 1.82) is 0 Å². The molecule has 0 saturated carbocycles. The molecule has 0 saturated heterocycles. The summed E-state index contributed by atoms with van der Waals surface area (Å²) < 4.78 is 5.41. The van der Waals surface area contributed by atoms with E-state index < -0.39 is 0 Å². The summed E-state index contributed by atoms with van der Waals surface area (Å²) in [6.45, 7) is 12.3. The van der Waals surface area contributed by atoms with Gasteiger partial charge < -0.3 is 15.8 Å². The van der Waals surface area contributed by atoms with E-state index >= 15 is 0 Å². The van der Waals surface area contributed by atoms with Crippen molar-refractivity contribution in [2.24, 2.45) is 23.5 Å². The Hall–Kier alpha value is -0.610. The van der Waals surface area contributed by atoms with E-state index in [1.165, 1.54) is 0 Å². The van der Waals surface area contributed by atoms with Gasteiger partial charge in [0.05, 0.1) is 12.6 Å². The number of ether oxygens (including phenoxy) is 1. The maximum Gasteiger partial charge on any atom is 0.220 e. The Morgan fingerprint density at radius 2 is 1.89 bits per heavy atom. The lowest BCUT2D eigenvalue weighted by atomic mass is 9.93. The summed E-state index contributed by atoms with van der Waals surface area (Å²) in [5.41, 5.74) is 5.74. The van der Waals surface area contributed by atoms with Crippen molar-refractivity contribution in [3.63, 3.8) is 0 Å². The minimum absolute atomic E-state index is 0.0879. The molecule has 0 spiro atoms. The third-order valence-electron chi connectivity index (χ3n) is 3.26. The smallest absolute Gasteiger partial charge is 0.220 e. The molecular weight excluding hydrogens is 240 g/mol. The molecule has 2 atom stereocenters. The highest BCUT2D eigenvalue weighted by atomic mass is 16.5. The average Bonchev–Trinajstić information content (AvgIpc) is 2.32. The van der Waals surface area contributed by atoms with Crippen LogP contribution in [0.5, 0.6) is 0 Å². The van der Waals surface area contributed by atoms with Crippen molar-refractivity contribution in [3.05, 3.63) is 0 Å². The van der Waals surface area contributed by atoms with E-state index in [0.717, 1.165) is 6.42 Å². The van der Waals surface area contributed by atoms with Crippen LogP contribution in [-0.2, 0) is 9.53 Å². The van der Waals surface area contributed by atoms with E-state index in [-0.39, 0.29) is 17.9 Å². The zero-order chi connectivity index (χ0) is 14.8. The molecule has 0 aliphatic rings. The summed E-state index contributed by atoms with van der Waals surface area (Å²) in [4.78, 5) is 12.0. The topological polar surface area (TPSA) is 64.3 Å². The Morgan fingerprint density at radius 1 is 1.26 bits per heavy atom. The van der Waals surface area contributed by atoms with Gasteiger partial charge in [0.25, 0.3) is 0 Å². The van der Waals surface area contributed by atoms with Crippen LogP contribution >= 0.6 is 0 Å². The monoisotopic (exact) mass is 272 g/mol. The number of carbonyl (C=O) groups excluding carboxylic acids is 1. The van der Waals surface area contributed by atoms with E-state index in [1.54, 1.807) is 0 Å². The molecule has 0 heterocycles. The first kappa shape index (κ1) is 18.4. The van der Waals surface area contributed by atoms with E-state index in [1.807, 2.05) is 6.92 Å². The summed E-state index contributed by atoms with van der Waals surface area (Å²) in [5.74, 6) is 1.32. The molecule has 114 valence electrons. The fraction of sp³-hybridized carbons (Fsp3) is 0.933. The van der Waals surface area contributed by atoms with Crippen LogP contribution in [0.4, 0.5) is 0 Å². The molecule has 4 nitrogen and oxygen atoms in total. The molecule has 0 bridgehead atoms.